The molecule has 2 aromatic heterocycles. The van der Waals surface area contributed by atoms with Crippen LogP contribution < -0.4 is 0 Å². The minimum atomic E-state index is 0. The Morgan fingerprint density at radius 3 is 1.21 bits per heavy atom. The van der Waals surface area contributed by atoms with Crippen molar-refractivity contribution in [3.05, 3.63) is 124 Å². The van der Waals surface area contributed by atoms with Gasteiger partial charge in [-0.1, -0.05) is 24.3 Å². The monoisotopic (exact) mass is 724 g/mol. The third-order valence-electron chi connectivity index (χ3n) is 3.30. The topological polar surface area (TPSA) is 25.8 Å². The Morgan fingerprint density at radius 1 is 0.536 bits per heavy atom. The molecule has 2 aromatic carbocycles. The number of hydrogen-bond donors (Lipinski definition) is 0. The molecule has 0 aliphatic heterocycles. The summed E-state index contributed by atoms with van der Waals surface area (Å²) in [5, 5.41) is 0. The summed E-state index contributed by atoms with van der Waals surface area (Å²) in [5.41, 5.74) is 4.02. The van der Waals surface area contributed by atoms with Crippen LogP contribution in [0.4, 0.5) is 0 Å². The van der Waals surface area contributed by atoms with Crippen LogP contribution in [0, 0.1) is 27.0 Å². The second-order valence-corrected chi connectivity index (χ2v) is 4.98. The Balaban J connectivity index is 0. The van der Waals surface area contributed by atoms with Gasteiger partial charge < -0.3 is 24.8 Å². The van der Waals surface area contributed by atoms with E-state index in [0.29, 0.717) is 0 Å². The quantitative estimate of drug-likeness (QED) is 0.238. The van der Waals surface area contributed by atoms with Crippen LogP contribution >= 0.6 is 0 Å². The van der Waals surface area contributed by atoms with E-state index in [1.54, 1.807) is 12.4 Å². The Hall–Kier alpha value is -1.96. The second kappa shape index (κ2) is 16.0. The number of hydrogen-bond acceptors (Lipinski definition) is 2. The first-order chi connectivity index (χ1) is 11.9. The van der Waals surface area contributed by atoms with Gasteiger partial charge in [-0.05, 0) is 23.5 Å². The van der Waals surface area contributed by atoms with Gasteiger partial charge in [0.05, 0.1) is 0 Å². The van der Waals surface area contributed by atoms with E-state index in [1.807, 2.05) is 84.9 Å². The molecule has 4 heteroatoms. The van der Waals surface area contributed by atoms with Gasteiger partial charge in [0.2, 0.25) is 0 Å². The van der Waals surface area contributed by atoms with Crippen LogP contribution in [0.2, 0.25) is 0 Å². The van der Waals surface area contributed by atoms with Crippen molar-refractivity contribution in [2.75, 3.05) is 0 Å². The zero-order chi connectivity index (χ0) is 16.5. The fourth-order valence-corrected chi connectivity index (χ4v) is 2.15. The molecule has 147 valence electrons. The Bertz CT molecular complexity index is 690. The van der Waals surface area contributed by atoms with Crippen LogP contribution in [-0.4, -0.2) is 9.97 Å². The molecule has 0 aliphatic rings. The van der Waals surface area contributed by atoms with Crippen LogP contribution in [0.5, 0.6) is 0 Å². The van der Waals surface area contributed by atoms with Crippen LogP contribution in [0.15, 0.2) is 97.3 Å². The molecule has 0 spiro atoms. The van der Waals surface area contributed by atoms with Crippen LogP contribution in [0.1, 0.15) is 0 Å². The molecule has 2 heterocycles. The van der Waals surface area contributed by atoms with Gasteiger partial charge in [-0.25, -0.2) is 0 Å². The number of benzene rings is 2. The van der Waals surface area contributed by atoms with Gasteiger partial charge >= 0.3 is 20.1 Å². The van der Waals surface area contributed by atoms with Crippen molar-refractivity contribution in [1.82, 2.24) is 9.97 Å². The molecular formula is C24H22Ir2N2-. The zero-order valence-corrected chi connectivity index (χ0v) is 20.6. The first-order valence-electron chi connectivity index (χ1n) is 7.70. The van der Waals surface area contributed by atoms with Gasteiger partial charge in [0.15, 0.2) is 0 Å². The first kappa shape index (κ1) is 28.3. The van der Waals surface area contributed by atoms with Crippen molar-refractivity contribution in [1.29, 1.82) is 0 Å². The van der Waals surface area contributed by atoms with Crippen molar-refractivity contribution in [2.45, 2.75) is 0 Å². The van der Waals surface area contributed by atoms with E-state index in [-0.39, 0.29) is 55.1 Å². The molecule has 0 N–H and O–H groups in total. The average molecular weight is 723 g/mol. The Kier molecular flexibility index (Phi) is 16.2. The first-order valence-corrected chi connectivity index (χ1v) is 7.70. The van der Waals surface area contributed by atoms with Crippen molar-refractivity contribution < 1.29 is 40.2 Å². The largest absolute Gasteiger partial charge is 3.00 e. The smallest absolute Gasteiger partial charge is 0.358 e. The maximum absolute atomic E-state index is 4.22. The van der Waals surface area contributed by atoms with E-state index in [2.05, 4.69) is 22.1 Å². The van der Waals surface area contributed by atoms with Gasteiger partial charge in [-0.15, -0.1) is 71.8 Å². The van der Waals surface area contributed by atoms with E-state index < -0.39 is 0 Å². The summed E-state index contributed by atoms with van der Waals surface area (Å²) in [6.45, 7) is 0. The molecule has 28 heavy (non-hydrogen) atoms. The maximum Gasteiger partial charge on any atom is 3.00 e. The number of rotatable bonds is 2. The summed E-state index contributed by atoms with van der Waals surface area (Å²) < 4.78 is 0. The molecule has 0 saturated heterocycles. The standard InChI is InChI=1S/2C11H8N.2CH3.2Ir/c2*1-2-6-10(7-3-1)11-8-4-5-9-12-11;;;;/h2*1-6,8-9H;2*1H3;;/q4*-1;;+3. The minimum absolute atomic E-state index is 0. The fourth-order valence-electron chi connectivity index (χ4n) is 2.15. The molecule has 0 atom stereocenters. The summed E-state index contributed by atoms with van der Waals surface area (Å²) in [6.07, 6.45) is 3.58. The van der Waals surface area contributed by atoms with Gasteiger partial charge in [0.1, 0.15) is 0 Å². The SMILES string of the molecule is [CH3-].[CH3-].[Ir+3].[Ir].[c-]1ccccc1-c1ccccn1.[c-]1ccccc1-c1ccccn1. The van der Waals surface area contributed by atoms with Crippen molar-refractivity contribution >= 4 is 0 Å². The summed E-state index contributed by atoms with van der Waals surface area (Å²) in [5.74, 6) is 0. The van der Waals surface area contributed by atoms with Crippen molar-refractivity contribution in [2.24, 2.45) is 0 Å². The average Bonchev–Trinajstić information content (AvgIpc) is 2.71. The molecule has 4 rings (SSSR count). The molecule has 1 radical (unpaired) electrons. The predicted octanol–water partition coefficient (Wildman–Crippen LogP) is 5.99. The minimum Gasteiger partial charge on any atom is -0.358 e. The van der Waals surface area contributed by atoms with Gasteiger partial charge in [0, 0.05) is 32.5 Å². The third-order valence-corrected chi connectivity index (χ3v) is 3.30. The summed E-state index contributed by atoms with van der Waals surface area (Å²) >= 11 is 0. The molecule has 0 fully saturated rings. The van der Waals surface area contributed by atoms with E-state index in [1.165, 1.54) is 0 Å². The van der Waals surface area contributed by atoms with Crippen molar-refractivity contribution in [3.8, 4) is 22.5 Å². The van der Waals surface area contributed by atoms with Crippen LogP contribution in [0.3, 0.4) is 0 Å². The molecule has 2 nitrogen and oxygen atoms in total. The number of nitrogens with zero attached hydrogens (tertiary/aromatic N) is 2. The molecular weight excluding hydrogens is 701 g/mol. The normalized spacial score (nSPS) is 8.29. The summed E-state index contributed by atoms with van der Waals surface area (Å²) in [4.78, 5) is 8.44. The molecule has 0 amide bonds. The van der Waals surface area contributed by atoms with Gasteiger partial charge in [0.25, 0.3) is 0 Å². The molecule has 0 bridgehead atoms. The molecule has 0 unspecified atom stereocenters. The Labute approximate surface area is 196 Å². The fraction of sp³-hybridized carbons (Fsp3) is 0. The van der Waals surface area contributed by atoms with Crippen LogP contribution in [-0.2, 0) is 40.2 Å². The zero-order valence-electron chi connectivity index (χ0n) is 15.8. The van der Waals surface area contributed by atoms with Crippen LogP contribution in [0.25, 0.3) is 22.5 Å². The van der Waals surface area contributed by atoms with Gasteiger partial charge in [-0.2, -0.15) is 0 Å². The molecule has 0 saturated carbocycles. The summed E-state index contributed by atoms with van der Waals surface area (Å²) in [7, 11) is 0. The van der Waals surface area contributed by atoms with Crippen molar-refractivity contribution in [3.63, 3.8) is 0 Å². The summed E-state index contributed by atoms with van der Waals surface area (Å²) in [6, 6.07) is 33.6. The van der Waals surface area contributed by atoms with E-state index in [0.717, 1.165) is 22.5 Å². The van der Waals surface area contributed by atoms with Gasteiger partial charge in [-0.3, -0.25) is 0 Å². The molecule has 0 aliphatic carbocycles. The third kappa shape index (κ3) is 8.82. The predicted molar refractivity (Wildman–Crippen MR) is 110 cm³/mol. The number of pyridine rings is 2. The van der Waals surface area contributed by atoms with E-state index in [4.69, 9.17) is 0 Å². The molecule has 4 aromatic rings. The second-order valence-electron chi connectivity index (χ2n) is 4.98. The maximum atomic E-state index is 4.22. The van der Waals surface area contributed by atoms with E-state index >= 15 is 0 Å². The number of aromatic nitrogens is 2. The van der Waals surface area contributed by atoms with E-state index in [9.17, 15) is 0 Å². The Morgan fingerprint density at radius 2 is 0.929 bits per heavy atom.